The highest BCUT2D eigenvalue weighted by atomic mass is 16.5. The number of aldehydes is 1. The van der Waals surface area contributed by atoms with Crippen molar-refractivity contribution in [1.82, 2.24) is 4.98 Å². The van der Waals surface area contributed by atoms with E-state index in [2.05, 4.69) is 4.98 Å². The summed E-state index contributed by atoms with van der Waals surface area (Å²) >= 11 is 0. The molecule has 0 aliphatic rings. The third-order valence-corrected chi connectivity index (χ3v) is 2.79. The Morgan fingerprint density at radius 1 is 0.947 bits per heavy atom. The van der Waals surface area contributed by atoms with Gasteiger partial charge < -0.3 is 4.74 Å². The minimum absolute atomic E-state index is 0.539. The SMILES string of the molecule is O=Cc1ccc2nc(Oc3ccccc3)ccc2c1. The fourth-order valence-electron chi connectivity index (χ4n) is 1.86. The van der Waals surface area contributed by atoms with Crippen LogP contribution in [0.25, 0.3) is 10.9 Å². The van der Waals surface area contributed by atoms with Gasteiger partial charge in [-0.3, -0.25) is 4.79 Å². The van der Waals surface area contributed by atoms with E-state index in [1.807, 2.05) is 48.5 Å². The molecule has 0 N–H and O–H groups in total. The molecule has 0 saturated carbocycles. The summed E-state index contributed by atoms with van der Waals surface area (Å²) in [6, 6.07) is 18.6. The van der Waals surface area contributed by atoms with Crippen LogP contribution in [-0.4, -0.2) is 11.3 Å². The molecule has 3 rings (SSSR count). The van der Waals surface area contributed by atoms with E-state index in [0.717, 1.165) is 22.9 Å². The van der Waals surface area contributed by atoms with Crippen LogP contribution in [0.3, 0.4) is 0 Å². The summed E-state index contributed by atoms with van der Waals surface area (Å²) in [5, 5.41) is 0.921. The highest BCUT2D eigenvalue weighted by Gasteiger charge is 2.01. The van der Waals surface area contributed by atoms with Crippen LogP contribution in [-0.2, 0) is 0 Å². The lowest BCUT2D eigenvalue weighted by molar-refractivity contribution is 0.112. The molecule has 0 amide bonds. The van der Waals surface area contributed by atoms with Crippen molar-refractivity contribution in [3.05, 3.63) is 66.2 Å². The number of benzene rings is 2. The molecule has 0 radical (unpaired) electrons. The third-order valence-electron chi connectivity index (χ3n) is 2.79. The van der Waals surface area contributed by atoms with Crippen LogP contribution < -0.4 is 4.74 Å². The van der Waals surface area contributed by atoms with Crippen LogP contribution in [0.2, 0.25) is 0 Å². The van der Waals surface area contributed by atoms with Gasteiger partial charge in [0.1, 0.15) is 12.0 Å². The van der Waals surface area contributed by atoms with E-state index in [-0.39, 0.29) is 0 Å². The topological polar surface area (TPSA) is 39.2 Å². The number of hydrogen-bond acceptors (Lipinski definition) is 3. The lowest BCUT2D eigenvalue weighted by Gasteiger charge is -2.05. The number of hydrogen-bond donors (Lipinski definition) is 0. The average Bonchev–Trinajstić information content (AvgIpc) is 2.48. The second-order valence-electron chi connectivity index (χ2n) is 4.13. The molecule has 0 bridgehead atoms. The maximum atomic E-state index is 10.7. The van der Waals surface area contributed by atoms with Crippen molar-refractivity contribution in [2.75, 3.05) is 0 Å². The Morgan fingerprint density at radius 3 is 2.58 bits per heavy atom. The van der Waals surface area contributed by atoms with Gasteiger partial charge >= 0.3 is 0 Å². The van der Waals surface area contributed by atoms with Gasteiger partial charge in [0.2, 0.25) is 5.88 Å². The lowest BCUT2D eigenvalue weighted by atomic mass is 10.1. The predicted octanol–water partition coefficient (Wildman–Crippen LogP) is 3.84. The fraction of sp³-hybridized carbons (Fsp3) is 0. The summed E-state index contributed by atoms with van der Waals surface area (Å²) in [6.45, 7) is 0. The van der Waals surface area contributed by atoms with E-state index >= 15 is 0 Å². The Kier molecular flexibility index (Phi) is 2.94. The van der Waals surface area contributed by atoms with Gasteiger partial charge in [0.25, 0.3) is 0 Å². The summed E-state index contributed by atoms with van der Waals surface area (Å²) in [7, 11) is 0. The molecule has 3 aromatic rings. The van der Waals surface area contributed by atoms with Crippen molar-refractivity contribution in [3.63, 3.8) is 0 Å². The van der Waals surface area contributed by atoms with E-state index in [9.17, 15) is 4.79 Å². The van der Waals surface area contributed by atoms with Crippen molar-refractivity contribution >= 4 is 17.2 Å². The van der Waals surface area contributed by atoms with Crippen molar-refractivity contribution in [2.24, 2.45) is 0 Å². The van der Waals surface area contributed by atoms with Crippen molar-refractivity contribution < 1.29 is 9.53 Å². The van der Waals surface area contributed by atoms with Crippen LogP contribution in [0.5, 0.6) is 11.6 Å². The molecule has 0 aliphatic carbocycles. The molecule has 1 heterocycles. The molecule has 0 unspecified atom stereocenters. The lowest BCUT2D eigenvalue weighted by Crippen LogP contribution is -1.89. The number of carbonyl (C=O) groups is 1. The monoisotopic (exact) mass is 249 g/mol. The Bertz CT molecular complexity index is 723. The van der Waals surface area contributed by atoms with Gasteiger partial charge in [0.15, 0.2) is 0 Å². The van der Waals surface area contributed by atoms with Gasteiger partial charge in [-0.15, -0.1) is 0 Å². The molecule has 0 saturated heterocycles. The molecule has 92 valence electrons. The van der Waals surface area contributed by atoms with Gasteiger partial charge in [-0.1, -0.05) is 18.2 Å². The summed E-state index contributed by atoms with van der Waals surface area (Å²) in [6.07, 6.45) is 0.827. The van der Waals surface area contributed by atoms with Crippen LogP contribution in [0.1, 0.15) is 10.4 Å². The molecule has 0 atom stereocenters. The second-order valence-corrected chi connectivity index (χ2v) is 4.13. The zero-order valence-corrected chi connectivity index (χ0v) is 10.1. The van der Waals surface area contributed by atoms with E-state index in [1.54, 1.807) is 12.1 Å². The first-order valence-electron chi connectivity index (χ1n) is 5.94. The zero-order chi connectivity index (χ0) is 13.1. The van der Waals surface area contributed by atoms with E-state index < -0.39 is 0 Å². The van der Waals surface area contributed by atoms with Crippen LogP contribution in [0.4, 0.5) is 0 Å². The summed E-state index contributed by atoms with van der Waals surface area (Å²) in [5.41, 5.74) is 1.45. The van der Waals surface area contributed by atoms with Gasteiger partial charge in [0.05, 0.1) is 5.52 Å². The Morgan fingerprint density at radius 2 is 1.79 bits per heavy atom. The molecule has 3 nitrogen and oxygen atoms in total. The number of nitrogens with zero attached hydrogens (tertiary/aromatic N) is 1. The van der Waals surface area contributed by atoms with Crippen molar-refractivity contribution in [3.8, 4) is 11.6 Å². The van der Waals surface area contributed by atoms with Crippen LogP contribution >= 0.6 is 0 Å². The molecule has 2 aromatic carbocycles. The van der Waals surface area contributed by atoms with Gasteiger partial charge in [-0.05, 0) is 36.4 Å². The van der Waals surface area contributed by atoms with Crippen LogP contribution in [0, 0.1) is 0 Å². The average molecular weight is 249 g/mol. The highest BCUT2D eigenvalue weighted by molar-refractivity contribution is 5.86. The summed E-state index contributed by atoms with van der Waals surface area (Å²) in [5.74, 6) is 1.29. The Labute approximate surface area is 110 Å². The fourth-order valence-corrected chi connectivity index (χ4v) is 1.86. The number of ether oxygens (including phenoxy) is 1. The normalized spacial score (nSPS) is 10.3. The number of fused-ring (bicyclic) bond motifs is 1. The van der Waals surface area contributed by atoms with E-state index in [4.69, 9.17) is 4.74 Å². The Balaban J connectivity index is 1.96. The molecule has 19 heavy (non-hydrogen) atoms. The number of pyridine rings is 1. The Hall–Kier alpha value is -2.68. The predicted molar refractivity (Wildman–Crippen MR) is 73.6 cm³/mol. The molecule has 0 aliphatic heterocycles. The second kappa shape index (κ2) is 4.90. The van der Waals surface area contributed by atoms with Crippen LogP contribution in [0.15, 0.2) is 60.7 Å². The van der Waals surface area contributed by atoms with E-state index in [1.165, 1.54) is 0 Å². The third kappa shape index (κ3) is 2.45. The highest BCUT2D eigenvalue weighted by Crippen LogP contribution is 2.22. The first kappa shape index (κ1) is 11.4. The van der Waals surface area contributed by atoms with E-state index in [0.29, 0.717) is 11.4 Å². The molecule has 1 aromatic heterocycles. The smallest absolute Gasteiger partial charge is 0.219 e. The summed E-state index contributed by atoms with van der Waals surface area (Å²) in [4.78, 5) is 15.1. The molecular formula is C16H11NO2. The maximum absolute atomic E-state index is 10.7. The maximum Gasteiger partial charge on any atom is 0.219 e. The first-order valence-corrected chi connectivity index (χ1v) is 5.94. The van der Waals surface area contributed by atoms with Gasteiger partial charge in [0, 0.05) is 17.0 Å². The molecule has 3 heteroatoms. The van der Waals surface area contributed by atoms with Gasteiger partial charge in [-0.2, -0.15) is 0 Å². The first-order chi connectivity index (χ1) is 9.35. The number of carbonyl (C=O) groups excluding carboxylic acids is 1. The van der Waals surface area contributed by atoms with Crippen molar-refractivity contribution in [2.45, 2.75) is 0 Å². The molecule has 0 fully saturated rings. The number of aromatic nitrogens is 1. The minimum Gasteiger partial charge on any atom is -0.439 e. The molecule has 0 spiro atoms. The van der Waals surface area contributed by atoms with Gasteiger partial charge in [-0.25, -0.2) is 4.98 Å². The number of rotatable bonds is 3. The molecular weight excluding hydrogens is 238 g/mol. The number of para-hydroxylation sites is 1. The summed E-state index contributed by atoms with van der Waals surface area (Å²) < 4.78 is 5.66. The zero-order valence-electron chi connectivity index (χ0n) is 10.1. The quantitative estimate of drug-likeness (QED) is 0.662. The minimum atomic E-state index is 0.539. The largest absolute Gasteiger partial charge is 0.439 e. The van der Waals surface area contributed by atoms with Crippen molar-refractivity contribution in [1.29, 1.82) is 0 Å². The standard InChI is InChI=1S/C16H11NO2/c18-11-12-6-8-15-13(10-12)7-9-16(17-15)19-14-4-2-1-3-5-14/h1-11H.